The van der Waals surface area contributed by atoms with E-state index in [2.05, 4.69) is 11.9 Å². The van der Waals surface area contributed by atoms with Crippen LogP contribution in [0.25, 0.3) is 15.9 Å². The molecule has 0 saturated carbocycles. The molecular formula is C22H28ClN5O2S+2. The van der Waals surface area contributed by atoms with Gasteiger partial charge in [0, 0.05) is 11.4 Å². The number of quaternary nitrogens is 2. The summed E-state index contributed by atoms with van der Waals surface area (Å²) in [6.07, 6.45) is 0.918. The number of aromatic nitrogens is 2. The van der Waals surface area contributed by atoms with Crippen LogP contribution in [0.4, 0.5) is 5.95 Å². The van der Waals surface area contributed by atoms with Gasteiger partial charge in [-0.2, -0.15) is 0 Å². The molecular weight excluding hydrogens is 434 g/mol. The molecule has 0 spiro atoms. The van der Waals surface area contributed by atoms with E-state index in [1.165, 1.54) is 20.2 Å². The number of rotatable bonds is 4. The molecule has 2 aliphatic heterocycles. The molecule has 9 heteroatoms. The first-order chi connectivity index (χ1) is 15.0. The van der Waals surface area contributed by atoms with Crippen LogP contribution in [-0.4, -0.2) is 67.6 Å². The molecule has 164 valence electrons. The quantitative estimate of drug-likeness (QED) is 0.484. The number of benzene rings is 1. The highest BCUT2D eigenvalue weighted by molar-refractivity contribution is 7.18. The maximum atomic E-state index is 13.9. The predicted molar refractivity (Wildman–Crippen MR) is 124 cm³/mol. The van der Waals surface area contributed by atoms with E-state index < -0.39 is 0 Å². The second-order valence-corrected chi connectivity index (χ2v) is 10.1. The summed E-state index contributed by atoms with van der Waals surface area (Å²) in [4.78, 5) is 26.2. The van der Waals surface area contributed by atoms with E-state index in [1.807, 2.05) is 24.3 Å². The fourth-order valence-electron chi connectivity index (χ4n) is 4.71. The van der Waals surface area contributed by atoms with Crippen molar-refractivity contribution in [2.45, 2.75) is 13.0 Å². The lowest BCUT2D eigenvalue weighted by Gasteiger charge is -2.33. The summed E-state index contributed by atoms with van der Waals surface area (Å²) in [6.45, 7) is 6.40. The summed E-state index contributed by atoms with van der Waals surface area (Å²) in [5.41, 5.74) is 2.00. The third-order valence-corrected chi connectivity index (χ3v) is 7.84. The van der Waals surface area contributed by atoms with E-state index in [0.29, 0.717) is 11.0 Å². The molecule has 4 heterocycles. The smallest absolute Gasteiger partial charge is 0.268 e. The lowest BCUT2D eigenvalue weighted by atomic mass is 10.1. The van der Waals surface area contributed by atoms with Gasteiger partial charge < -0.3 is 19.8 Å². The van der Waals surface area contributed by atoms with Crippen molar-refractivity contribution in [3.63, 3.8) is 0 Å². The van der Waals surface area contributed by atoms with Crippen LogP contribution >= 0.6 is 22.9 Å². The number of aliphatic hydroxyl groups is 1. The molecule has 0 amide bonds. The Kier molecular flexibility index (Phi) is 5.75. The van der Waals surface area contributed by atoms with E-state index in [1.54, 1.807) is 15.9 Å². The molecule has 7 nitrogen and oxygen atoms in total. The second kappa shape index (κ2) is 8.52. The normalized spacial score (nSPS) is 19.7. The lowest BCUT2D eigenvalue weighted by Crippen LogP contribution is -3.15. The number of thiophene rings is 1. The van der Waals surface area contributed by atoms with Gasteiger partial charge in [0.05, 0.1) is 62.3 Å². The summed E-state index contributed by atoms with van der Waals surface area (Å²) in [5.74, 6) is 0.710. The molecule has 1 unspecified atom stereocenters. The number of hydrogen-bond acceptors (Lipinski definition) is 5. The van der Waals surface area contributed by atoms with Gasteiger partial charge in [0.15, 0.2) is 0 Å². The highest BCUT2D eigenvalue weighted by Gasteiger charge is 2.29. The maximum Gasteiger partial charge on any atom is 0.268 e. The fourth-order valence-corrected chi connectivity index (χ4v) is 6.16. The first kappa shape index (κ1) is 20.9. The monoisotopic (exact) mass is 461 g/mol. The Balaban J connectivity index is 1.65. The highest BCUT2D eigenvalue weighted by Crippen LogP contribution is 2.31. The van der Waals surface area contributed by atoms with Crippen molar-refractivity contribution in [3.8, 4) is 5.69 Å². The summed E-state index contributed by atoms with van der Waals surface area (Å²) in [5, 5.41) is 10.7. The van der Waals surface area contributed by atoms with Gasteiger partial charge in [-0.1, -0.05) is 11.6 Å². The first-order valence-electron chi connectivity index (χ1n) is 10.9. The zero-order chi connectivity index (χ0) is 21.5. The topological polar surface area (TPSA) is 67.2 Å². The number of halogens is 1. The van der Waals surface area contributed by atoms with Crippen molar-refractivity contribution in [1.29, 1.82) is 0 Å². The average Bonchev–Trinajstić information content (AvgIpc) is 3.13. The number of hydrogen-bond donors (Lipinski definition) is 3. The Labute approximate surface area is 190 Å². The minimum atomic E-state index is 0.0181. The van der Waals surface area contributed by atoms with Crippen molar-refractivity contribution >= 4 is 39.1 Å². The molecule has 1 aromatic carbocycles. The zero-order valence-electron chi connectivity index (χ0n) is 17.7. The minimum absolute atomic E-state index is 0.0181. The Morgan fingerprint density at radius 2 is 1.94 bits per heavy atom. The van der Waals surface area contributed by atoms with E-state index in [0.717, 1.165) is 68.1 Å². The summed E-state index contributed by atoms with van der Waals surface area (Å²) < 4.78 is 1.77. The van der Waals surface area contributed by atoms with Gasteiger partial charge >= 0.3 is 0 Å². The number of aliphatic hydroxyl groups excluding tert-OH is 1. The van der Waals surface area contributed by atoms with Crippen LogP contribution in [0.2, 0.25) is 5.02 Å². The number of nitrogens with zero attached hydrogens (tertiary/aromatic N) is 3. The van der Waals surface area contributed by atoms with Gasteiger partial charge in [-0.3, -0.25) is 4.79 Å². The van der Waals surface area contributed by atoms with Crippen LogP contribution in [0.3, 0.4) is 0 Å². The maximum absolute atomic E-state index is 13.9. The first-order valence-corrected chi connectivity index (χ1v) is 12.1. The molecule has 1 saturated heterocycles. The molecule has 5 rings (SSSR count). The Bertz CT molecular complexity index is 1150. The van der Waals surface area contributed by atoms with Crippen molar-refractivity contribution in [3.05, 3.63) is 50.1 Å². The molecule has 31 heavy (non-hydrogen) atoms. The van der Waals surface area contributed by atoms with Crippen LogP contribution in [0.5, 0.6) is 0 Å². The lowest BCUT2D eigenvalue weighted by molar-refractivity contribution is -0.900. The van der Waals surface area contributed by atoms with Crippen molar-refractivity contribution in [2.75, 3.05) is 57.8 Å². The predicted octanol–water partition coefficient (Wildman–Crippen LogP) is -0.631. The average molecular weight is 462 g/mol. The van der Waals surface area contributed by atoms with Crippen LogP contribution < -0.4 is 20.3 Å². The van der Waals surface area contributed by atoms with Gasteiger partial charge in [0.25, 0.3) is 5.56 Å². The molecule has 0 aliphatic carbocycles. The van der Waals surface area contributed by atoms with Gasteiger partial charge in [-0.15, -0.1) is 11.3 Å². The summed E-state index contributed by atoms with van der Waals surface area (Å²) in [7, 11) is 2.20. The third kappa shape index (κ3) is 3.87. The van der Waals surface area contributed by atoms with E-state index in [4.69, 9.17) is 16.6 Å². The number of piperazine rings is 1. The Morgan fingerprint density at radius 1 is 1.19 bits per heavy atom. The van der Waals surface area contributed by atoms with Gasteiger partial charge in [-0.25, -0.2) is 9.55 Å². The SMILES string of the molecule is C[NH+]1CCc2c(sc3nc(N4CC[NH+](CCO)CC4)n(-c4ccc(Cl)cc4)c(=O)c23)C1. The molecule has 0 bridgehead atoms. The fraction of sp³-hybridized carbons (Fsp3) is 0.455. The Morgan fingerprint density at radius 3 is 2.65 bits per heavy atom. The molecule has 1 atom stereocenters. The van der Waals surface area contributed by atoms with E-state index >= 15 is 0 Å². The second-order valence-electron chi connectivity index (χ2n) is 8.56. The summed E-state index contributed by atoms with van der Waals surface area (Å²) >= 11 is 7.80. The van der Waals surface area contributed by atoms with Crippen LogP contribution in [0.1, 0.15) is 10.4 Å². The van der Waals surface area contributed by atoms with Crippen molar-refractivity contribution < 1.29 is 14.9 Å². The largest absolute Gasteiger partial charge is 0.391 e. The molecule has 2 aromatic heterocycles. The van der Waals surface area contributed by atoms with Crippen molar-refractivity contribution in [1.82, 2.24) is 9.55 Å². The van der Waals surface area contributed by atoms with Gasteiger partial charge in [0.1, 0.15) is 17.9 Å². The summed E-state index contributed by atoms with van der Waals surface area (Å²) in [6, 6.07) is 7.43. The molecule has 1 fully saturated rings. The number of anilines is 1. The number of likely N-dealkylation sites (N-methyl/N-ethyl adjacent to an activating group) is 1. The number of fused-ring (bicyclic) bond motifs is 3. The standard InChI is InChI=1S/C22H26ClN5O2S/c1-25-7-6-17-18(14-25)31-20-19(17)21(30)28(16-4-2-15(23)3-5-16)22(24-20)27-10-8-26(9-11-27)12-13-29/h2-5,29H,6-14H2,1H3/p+2. The highest BCUT2D eigenvalue weighted by atomic mass is 35.5. The van der Waals surface area contributed by atoms with E-state index in [9.17, 15) is 9.90 Å². The Hall–Kier alpha value is -1.97. The molecule has 0 radical (unpaired) electrons. The third-order valence-electron chi connectivity index (χ3n) is 6.46. The minimum Gasteiger partial charge on any atom is -0.391 e. The van der Waals surface area contributed by atoms with Crippen LogP contribution in [0, 0.1) is 0 Å². The van der Waals surface area contributed by atoms with Crippen LogP contribution in [0.15, 0.2) is 29.1 Å². The van der Waals surface area contributed by atoms with E-state index in [-0.39, 0.29) is 12.2 Å². The van der Waals surface area contributed by atoms with Gasteiger partial charge in [-0.05, 0) is 29.8 Å². The molecule has 2 aliphatic rings. The van der Waals surface area contributed by atoms with Crippen LogP contribution in [-0.2, 0) is 13.0 Å². The number of nitrogens with one attached hydrogen (secondary N) is 2. The molecule has 3 aromatic rings. The zero-order valence-corrected chi connectivity index (χ0v) is 19.2. The van der Waals surface area contributed by atoms with Crippen molar-refractivity contribution in [2.24, 2.45) is 0 Å². The van der Waals surface area contributed by atoms with Gasteiger partial charge in [0.2, 0.25) is 5.95 Å². The molecule has 3 N–H and O–H groups in total.